The Morgan fingerprint density at radius 3 is 2.59 bits per heavy atom. The quantitative estimate of drug-likeness (QED) is 0.877. The van der Waals surface area contributed by atoms with Crippen LogP contribution < -0.4 is 14.8 Å². The number of aryl methyl sites for hydroxylation is 1. The van der Waals surface area contributed by atoms with Crippen LogP contribution in [-0.4, -0.2) is 20.1 Å². The van der Waals surface area contributed by atoms with E-state index in [4.69, 9.17) is 21.1 Å². The van der Waals surface area contributed by atoms with Crippen molar-refractivity contribution in [1.29, 1.82) is 0 Å². The van der Waals surface area contributed by atoms with Gasteiger partial charge in [0.2, 0.25) is 5.91 Å². The number of carbonyl (C=O) groups excluding carboxylic acids is 1. The summed E-state index contributed by atoms with van der Waals surface area (Å²) in [4.78, 5) is 12.1. The summed E-state index contributed by atoms with van der Waals surface area (Å²) < 4.78 is 10.5. The first-order valence-corrected chi connectivity index (χ1v) is 7.27. The molecule has 0 fully saturated rings. The summed E-state index contributed by atoms with van der Waals surface area (Å²) in [6, 6.07) is 12.7. The van der Waals surface area contributed by atoms with Gasteiger partial charge in [0.05, 0.1) is 24.9 Å². The summed E-state index contributed by atoms with van der Waals surface area (Å²) in [6.45, 7) is 0. The van der Waals surface area contributed by atoms with E-state index in [0.29, 0.717) is 23.6 Å². The highest BCUT2D eigenvalue weighted by atomic mass is 35.5. The van der Waals surface area contributed by atoms with Gasteiger partial charge in [-0.05, 0) is 42.3 Å². The number of carbonyl (C=O) groups is 1. The number of ether oxygens (including phenoxy) is 2. The van der Waals surface area contributed by atoms with Gasteiger partial charge in [0.1, 0.15) is 11.5 Å². The zero-order valence-electron chi connectivity index (χ0n) is 12.6. The summed E-state index contributed by atoms with van der Waals surface area (Å²) in [7, 11) is 3.21. The van der Waals surface area contributed by atoms with Crippen LogP contribution in [0.5, 0.6) is 11.5 Å². The molecule has 0 spiro atoms. The van der Waals surface area contributed by atoms with Crippen molar-refractivity contribution in [3.8, 4) is 11.5 Å². The Bertz CT molecular complexity index is 658. The Labute approximate surface area is 135 Å². The van der Waals surface area contributed by atoms with Crippen LogP contribution >= 0.6 is 11.6 Å². The predicted molar refractivity (Wildman–Crippen MR) is 87.9 cm³/mol. The van der Waals surface area contributed by atoms with Crippen molar-refractivity contribution in [2.75, 3.05) is 19.5 Å². The Hall–Kier alpha value is -2.20. The second-order valence-corrected chi connectivity index (χ2v) is 5.11. The van der Waals surface area contributed by atoms with Crippen LogP contribution in [0.4, 0.5) is 5.69 Å². The number of hydrogen-bond acceptors (Lipinski definition) is 3. The maximum Gasteiger partial charge on any atom is 0.224 e. The first-order valence-electron chi connectivity index (χ1n) is 6.89. The Balaban J connectivity index is 2.00. The van der Waals surface area contributed by atoms with Crippen molar-refractivity contribution < 1.29 is 14.3 Å². The van der Waals surface area contributed by atoms with Gasteiger partial charge in [-0.2, -0.15) is 0 Å². The van der Waals surface area contributed by atoms with Crippen LogP contribution in [0.1, 0.15) is 12.0 Å². The molecule has 0 unspecified atom stereocenters. The summed E-state index contributed by atoms with van der Waals surface area (Å²) in [5.74, 6) is 1.38. The minimum atomic E-state index is -0.0991. The summed E-state index contributed by atoms with van der Waals surface area (Å²) in [5.41, 5.74) is 1.54. The fourth-order valence-electron chi connectivity index (χ4n) is 2.10. The van der Waals surface area contributed by atoms with Crippen LogP contribution in [0.3, 0.4) is 0 Å². The molecule has 0 radical (unpaired) electrons. The number of halogens is 1. The van der Waals surface area contributed by atoms with Gasteiger partial charge in [0.25, 0.3) is 0 Å². The standard InChI is InChI=1S/C17H18ClNO3/c1-21-13-8-9-16(22-2)12(11-13)7-10-17(20)19-15-6-4-3-5-14(15)18/h3-6,8-9,11H,7,10H2,1-2H3,(H,19,20). The second-order valence-electron chi connectivity index (χ2n) is 4.71. The molecule has 0 aromatic heterocycles. The number of methoxy groups -OCH3 is 2. The molecule has 22 heavy (non-hydrogen) atoms. The van der Waals surface area contributed by atoms with E-state index in [1.807, 2.05) is 30.3 Å². The summed E-state index contributed by atoms with van der Waals surface area (Å²) in [6.07, 6.45) is 0.880. The van der Waals surface area contributed by atoms with Gasteiger partial charge in [0.15, 0.2) is 0 Å². The molecule has 5 heteroatoms. The summed E-state index contributed by atoms with van der Waals surface area (Å²) in [5, 5.41) is 3.33. The lowest BCUT2D eigenvalue weighted by atomic mass is 10.1. The average Bonchev–Trinajstić information content (AvgIpc) is 2.54. The number of para-hydroxylation sites is 1. The lowest BCUT2D eigenvalue weighted by molar-refractivity contribution is -0.116. The minimum absolute atomic E-state index is 0.0991. The van der Waals surface area contributed by atoms with Crippen LogP contribution in [0.2, 0.25) is 5.02 Å². The molecular weight excluding hydrogens is 302 g/mol. The van der Waals surface area contributed by atoms with E-state index in [9.17, 15) is 4.79 Å². The average molecular weight is 320 g/mol. The van der Waals surface area contributed by atoms with Crippen LogP contribution in [-0.2, 0) is 11.2 Å². The third-order valence-corrected chi connectivity index (χ3v) is 3.59. The van der Waals surface area contributed by atoms with Gasteiger partial charge >= 0.3 is 0 Å². The molecule has 1 amide bonds. The van der Waals surface area contributed by atoms with Crippen molar-refractivity contribution >= 4 is 23.2 Å². The molecule has 0 saturated carbocycles. The Morgan fingerprint density at radius 2 is 1.91 bits per heavy atom. The third-order valence-electron chi connectivity index (χ3n) is 3.26. The molecule has 0 aliphatic carbocycles. The van der Waals surface area contributed by atoms with Crippen molar-refractivity contribution in [2.45, 2.75) is 12.8 Å². The highest BCUT2D eigenvalue weighted by Crippen LogP contribution is 2.25. The highest BCUT2D eigenvalue weighted by Gasteiger charge is 2.09. The smallest absolute Gasteiger partial charge is 0.224 e. The lowest BCUT2D eigenvalue weighted by Crippen LogP contribution is -2.12. The number of amides is 1. The predicted octanol–water partition coefficient (Wildman–Crippen LogP) is 3.93. The lowest BCUT2D eigenvalue weighted by Gasteiger charge is -2.11. The second kappa shape index (κ2) is 7.71. The third kappa shape index (κ3) is 4.15. The molecule has 4 nitrogen and oxygen atoms in total. The van der Waals surface area contributed by atoms with Crippen molar-refractivity contribution in [3.63, 3.8) is 0 Å². The molecule has 0 heterocycles. The first-order chi connectivity index (χ1) is 10.6. The molecular formula is C17H18ClNO3. The molecule has 2 aromatic carbocycles. The number of benzene rings is 2. The largest absolute Gasteiger partial charge is 0.497 e. The molecule has 2 rings (SSSR count). The van der Waals surface area contributed by atoms with E-state index in [0.717, 1.165) is 17.1 Å². The monoisotopic (exact) mass is 319 g/mol. The molecule has 0 aliphatic heterocycles. The number of nitrogens with one attached hydrogen (secondary N) is 1. The van der Waals surface area contributed by atoms with Gasteiger partial charge in [0, 0.05) is 6.42 Å². The van der Waals surface area contributed by atoms with Gasteiger partial charge < -0.3 is 14.8 Å². The van der Waals surface area contributed by atoms with Crippen molar-refractivity contribution in [3.05, 3.63) is 53.1 Å². The topological polar surface area (TPSA) is 47.6 Å². The van der Waals surface area contributed by atoms with Crippen LogP contribution in [0.15, 0.2) is 42.5 Å². The van der Waals surface area contributed by atoms with Crippen LogP contribution in [0.25, 0.3) is 0 Å². The van der Waals surface area contributed by atoms with E-state index >= 15 is 0 Å². The zero-order chi connectivity index (χ0) is 15.9. The number of hydrogen-bond donors (Lipinski definition) is 1. The van der Waals surface area contributed by atoms with Gasteiger partial charge in [-0.25, -0.2) is 0 Å². The van der Waals surface area contributed by atoms with Crippen LogP contribution in [0, 0.1) is 0 Å². The number of anilines is 1. The number of rotatable bonds is 6. The molecule has 116 valence electrons. The molecule has 0 aliphatic rings. The molecule has 1 N–H and O–H groups in total. The first kappa shape index (κ1) is 16.2. The van der Waals surface area contributed by atoms with Gasteiger partial charge in [-0.3, -0.25) is 4.79 Å². The maximum atomic E-state index is 12.1. The Kier molecular flexibility index (Phi) is 5.67. The van der Waals surface area contributed by atoms with E-state index in [2.05, 4.69) is 5.32 Å². The molecule has 0 atom stereocenters. The SMILES string of the molecule is COc1ccc(OC)c(CCC(=O)Nc2ccccc2Cl)c1. The molecule has 2 aromatic rings. The fraction of sp³-hybridized carbons (Fsp3) is 0.235. The normalized spacial score (nSPS) is 10.1. The highest BCUT2D eigenvalue weighted by molar-refractivity contribution is 6.33. The summed E-state index contributed by atoms with van der Waals surface area (Å²) >= 11 is 6.02. The van der Waals surface area contributed by atoms with E-state index < -0.39 is 0 Å². The van der Waals surface area contributed by atoms with Gasteiger partial charge in [-0.15, -0.1) is 0 Å². The van der Waals surface area contributed by atoms with Crippen molar-refractivity contribution in [2.24, 2.45) is 0 Å². The zero-order valence-corrected chi connectivity index (χ0v) is 13.3. The Morgan fingerprint density at radius 1 is 1.14 bits per heavy atom. The van der Waals surface area contributed by atoms with E-state index in [1.54, 1.807) is 26.4 Å². The van der Waals surface area contributed by atoms with E-state index in [-0.39, 0.29) is 5.91 Å². The van der Waals surface area contributed by atoms with Crippen molar-refractivity contribution in [1.82, 2.24) is 0 Å². The minimum Gasteiger partial charge on any atom is -0.497 e. The molecule has 0 bridgehead atoms. The van der Waals surface area contributed by atoms with E-state index in [1.165, 1.54) is 0 Å². The fourth-order valence-corrected chi connectivity index (χ4v) is 2.28. The maximum absolute atomic E-state index is 12.1. The van der Waals surface area contributed by atoms with Gasteiger partial charge in [-0.1, -0.05) is 23.7 Å². The molecule has 0 saturated heterocycles.